The molecule has 0 radical (unpaired) electrons. The van der Waals surface area contributed by atoms with Gasteiger partial charge in [0, 0.05) is 0 Å². The molecule has 8 heteroatoms. The molecule has 0 aliphatic carbocycles. The zero-order valence-electron chi connectivity index (χ0n) is 8.43. The SMILES string of the molecule is COC(=O)C(C)NP([O-])(=S)OCCC#N. The summed E-state index contributed by atoms with van der Waals surface area (Å²) in [5.41, 5.74) is 0. The largest absolute Gasteiger partial charge is 0.789 e. The zero-order valence-corrected chi connectivity index (χ0v) is 10.1. The molecule has 0 aromatic carbocycles. The molecule has 0 spiro atoms. The first-order valence-electron chi connectivity index (χ1n) is 4.11. The zero-order chi connectivity index (χ0) is 11.9. The number of methoxy groups -OCH3 is 1. The average molecular weight is 251 g/mol. The molecule has 15 heavy (non-hydrogen) atoms. The third kappa shape index (κ3) is 6.55. The molecule has 0 aromatic heterocycles. The Balaban J connectivity index is 4.08. The second-order valence-corrected chi connectivity index (χ2v) is 5.57. The minimum absolute atomic E-state index is 0.0296. The second-order valence-electron chi connectivity index (χ2n) is 2.61. The highest BCUT2D eigenvalue weighted by Gasteiger charge is 2.16. The summed E-state index contributed by atoms with van der Waals surface area (Å²) in [6, 6.07) is 1.01. The number of hydrogen-bond acceptors (Lipinski definition) is 6. The van der Waals surface area contributed by atoms with Crippen molar-refractivity contribution in [3.05, 3.63) is 0 Å². The summed E-state index contributed by atoms with van der Waals surface area (Å²) < 4.78 is 9.17. The van der Waals surface area contributed by atoms with E-state index in [-0.39, 0.29) is 13.0 Å². The third-order valence-corrected chi connectivity index (χ3v) is 3.24. The predicted octanol–water partition coefficient (Wildman–Crippen LogP) is -0.347. The Labute approximate surface area is 93.4 Å². The summed E-state index contributed by atoms with van der Waals surface area (Å²) in [6.07, 6.45) is 0.0922. The van der Waals surface area contributed by atoms with Crippen LogP contribution in [0.2, 0.25) is 0 Å². The van der Waals surface area contributed by atoms with Gasteiger partial charge in [-0.15, -0.1) is 0 Å². The summed E-state index contributed by atoms with van der Waals surface area (Å²) in [4.78, 5) is 22.4. The fourth-order valence-electron chi connectivity index (χ4n) is 0.715. The van der Waals surface area contributed by atoms with Crippen LogP contribution < -0.4 is 9.98 Å². The van der Waals surface area contributed by atoms with Crippen molar-refractivity contribution in [1.29, 1.82) is 5.26 Å². The topological polar surface area (TPSA) is 94.4 Å². The monoisotopic (exact) mass is 251 g/mol. The number of nitriles is 1. The Morgan fingerprint density at radius 3 is 2.87 bits per heavy atom. The van der Waals surface area contributed by atoms with Gasteiger partial charge in [0.05, 0.1) is 32.8 Å². The van der Waals surface area contributed by atoms with Gasteiger partial charge < -0.3 is 14.2 Å². The van der Waals surface area contributed by atoms with Crippen LogP contribution in [0.4, 0.5) is 0 Å². The van der Waals surface area contributed by atoms with Gasteiger partial charge in [0.1, 0.15) is 6.04 Å². The van der Waals surface area contributed by atoms with Crippen molar-refractivity contribution in [3.63, 3.8) is 0 Å². The van der Waals surface area contributed by atoms with Gasteiger partial charge in [-0.05, 0) is 6.92 Å². The quantitative estimate of drug-likeness (QED) is 0.391. The predicted molar refractivity (Wildman–Crippen MR) is 55.1 cm³/mol. The molecule has 0 fully saturated rings. The number of rotatable bonds is 6. The van der Waals surface area contributed by atoms with Crippen LogP contribution in [0, 0.1) is 11.3 Å². The van der Waals surface area contributed by atoms with Crippen LogP contribution in [-0.4, -0.2) is 25.7 Å². The van der Waals surface area contributed by atoms with Crippen molar-refractivity contribution in [1.82, 2.24) is 5.09 Å². The normalized spacial score (nSPS) is 16.1. The third-order valence-electron chi connectivity index (χ3n) is 1.38. The van der Waals surface area contributed by atoms with Gasteiger partial charge in [-0.25, -0.2) is 0 Å². The minimum Gasteiger partial charge on any atom is -0.789 e. The van der Waals surface area contributed by atoms with Gasteiger partial charge in [-0.1, -0.05) is 11.8 Å². The molecule has 0 amide bonds. The molecule has 86 valence electrons. The molecular weight excluding hydrogens is 239 g/mol. The van der Waals surface area contributed by atoms with Gasteiger partial charge in [-0.2, -0.15) is 5.26 Å². The molecule has 2 unspecified atom stereocenters. The Morgan fingerprint density at radius 1 is 1.80 bits per heavy atom. The Hall–Kier alpha value is -0.510. The van der Waals surface area contributed by atoms with Crippen molar-refractivity contribution < 1.29 is 18.9 Å². The lowest BCUT2D eigenvalue weighted by Crippen LogP contribution is -2.36. The number of ether oxygens (including phenoxy) is 1. The van der Waals surface area contributed by atoms with Gasteiger partial charge in [0.25, 0.3) is 0 Å². The van der Waals surface area contributed by atoms with E-state index in [0.717, 1.165) is 0 Å². The number of esters is 1. The summed E-state index contributed by atoms with van der Waals surface area (Å²) in [5.74, 6) is -0.580. The number of carbonyl (C=O) groups is 1. The highest BCUT2D eigenvalue weighted by molar-refractivity contribution is 8.07. The van der Waals surface area contributed by atoms with E-state index in [1.165, 1.54) is 14.0 Å². The molecule has 1 N–H and O–H groups in total. The van der Waals surface area contributed by atoms with Crippen LogP contribution in [0.25, 0.3) is 0 Å². The first-order chi connectivity index (χ1) is 6.93. The van der Waals surface area contributed by atoms with Crippen molar-refractivity contribution >= 4 is 24.4 Å². The van der Waals surface area contributed by atoms with E-state index >= 15 is 0 Å². The summed E-state index contributed by atoms with van der Waals surface area (Å²) in [7, 11) is 1.21. The lowest BCUT2D eigenvalue weighted by Gasteiger charge is -2.30. The van der Waals surface area contributed by atoms with Gasteiger partial charge in [0.15, 0.2) is 0 Å². The maximum Gasteiger partial charge on any atom is 0.322 e. The lowest BCUT2D eigenvalue weighted by atomic mass is 10.4. The van der Waals surface area contributed by atoms with E-state index in [0.29, 0.717) is 0 Å². The van der Waals surface area contributed by atoms with Crippen LogP contribution in [0.5, 0.6) is 0 Å². The molecule has 0 aliphatic rings. The number of nitrogens with zero attached hydrogens (tertiary/aromatic N) is 1. The second kappa shape index (κ2) is 6.88. The molecule has 0 rings (SSSR count). The molecule has 0 saturated carbocycles. The van der Waals surface area contributed by atoms with E-state index in [2.05, 4.69) is 21.6 Å². The molecule has 0 aliphatic heterocycles. The van der Waals surface area contributed by atoms with Crippen molar-refractivity contribution in [2.24, 2.45) is 0 Å². The van der Waals surface area contributed by atoms with Crippen LogP contribution in [-0.2, 0) is 25.9 Å². The van der Waals surface area contributed by atoms with Crippen LogP contribution in [0.3, 0.4) is 0 Å². The van der Waals surface area contributed by atoms with E-state index in [9.17, 15) is 9.69 Å². The number of hydrogen-bond donors (Lipinski definition) is 1. The molecular formula is C7H12N2O4PS-. The molecule has 0 bridgehead atoms. The first-order valence-corrected chi connectivity index (χ1v) is 6.75. The van der Waals surface area contributed by atoms with Crippen molar-refractivity contribution in [2.45, 2.75) is 19.4 Å². The standard InChI is InChI=1S/C7H13N2O4PS/c1-6(7(10)12-2)9-14(11,15)13-5-3-4-8/h6H,3,5H2,1-2H3,(H2,9,11,15)/p-1. The van der Waals surface area contributed by atoms with Gasteiger partial charge in [0.2, 0.25) is 0 Å². The van der Waals surface area contributed by atoms with Crippen LogP contribution in [0.15, 0.2) is 0 Å². The fraction of sp³-hybridized carbons (Fsp3) is 0.714. The summed E-state index contributed by atoms with van der Waals surface area (Å²) in [6.45, 7) is -2.04. The van der Waals surface area contributed by atoms with Gasteiger partial charge >= 0.3 is 5.97 Å². The van der Waals surface area contributed by atoms with Crippen LogP contribution >= 0.6 is 6.64 Å². The average Bonchev–Trinajstić information content (AvgIpc) is 2.16. The van der Waals surface area contributed by atoms with Crippen LogP contribution in [0.1, 0.15) is 13.3 Å². The smallest absolute Gasteiger partial charge is 0.322 e. The Kier molecular flexibility index (Phi) is 6.65. The number of carbonyl (C=O) groups excluding carboxylic acids is 1. The fourth-order valence-corrected chi connectivity index (χ4v) is 2.40. The van der Waals surface area contributed by atoms with Gasteiger partial charge in [-0.3, -0.25) is 9.88 Å². The van der Waals surface area contributed by atoms with E-state index in [1.807, 2.05) is 6.07 Å². The summed E-state index contributed by atoms with van der Waals surface area (Å²) >= 11 is 4.61. The van der Waals surface area contributed by atoms with E-state index < -0.39 is 18.7 Å². The number of nitrogens with one attached hydrogen (secondary N) is 1. The maximum atomic E-state index is 11.5. The lowest BCUT2D eigenvalue weighted by molar-refractivity contribution is -0.187. The Morgan fingerprint density at radius 2 is 2.40 bits per heavy atom. The van der Waals surface area contributed by atoms with E-state index in [1.54, 1.807) is 0 Å². The molecule has 0 aromatic rings. The maximum absolute atomic E-state index is 11.5. The summed E-state index contributed by atoms with van der Waals surface area (Å²) in [5, 5.41) is 10.6. The van der Waals surface area contributed by atoms with E-state index in [4.69, 9.17) is 9.79 Å². The highest BCUT2D eigenvalue weighted by atomic mass is 32.5. The highest BCUT2D eigenvalue weighted by Crippen LogP contribution is 2.32. The molecule has 0 saturated heterocycles. The van der Waals surface area contributed by atoms with Crippen molar-refractivity contribution in [2.75, 3.05) is 13.7 Å². The Bertz CT molecular complexity index is 304. The molecule has 6 nitrogen and oxygen atoms in total. The minimum atomic E-state index is -3.46. The first kappa shape index (κ1) is 14.5. The molecule has 2 atom stereocenters. The van der Waals surface area contributed by atoms with Crippen molar-refractivity contribution in [3.8, 4) is 6.07 Å². The molecule has 0 heterocycles.